The summed E-state index contributed by atoms with van der Waals surface area (Å²) >= 11 is 17.8. The van der Waals surface area contributed by atoms with Crippen molar-refractivity contribution in [1.82, 2.24) is 9.21 Å². The molecule has 20 heavy (non-hydrogen) atoms. The van der Waals surface area contributed by atoms with E-state index in [0.29, 0.717) is 26.2 Å². The molecule has 1 heterocycles. The summed E-state index contributed by atoms with van der Waals surface area (Å²) in [6.07, 6.45) is 0. The molecule has 2 rings (SSSR count). The van der Waals surface area contributed by atoms with Crippen LogP contribution in [0, 0.1) is 0 Å². The Morgan fingerprint density at radius 3 is 2.20 bits per heavy atom. The summed E-state index contributed by atoms with van der Waals surface area (Å²) in [6, 6.07) is 2.85. The molecule has 1 fully saturated rings. The highest BCUT2D eigenvalue weighted by atomic mass is 35.5. The van der Waals surface area contributed by atoms with E-state index in [2.05, 4.69) is 11.8 Å². The molecule has 0 radical (unpaired) electrons. The minimum Gasteiger partial charge on any atom is -0.301 e. The Morgan fingerprint density at radius 2 is 1.65 bits per heavy atom. The number of likely N-dealkylation sites (N-methyl/N-ethyl adjacent to an activating group) is 1. The first-order chi connectivity index (χ1) is 9.37. The molecule has 0 saturated carbocycles. The summed E-state index contributed by atoms with van der Waals surface area (Å²) in [6.45, 7) is 5.31. The highest BCUT2D eigenvalue weighted by Crippen LogP contribution is 2.36. The fourth-order valence-electron chi connectivity index (χ4n) is 2.13. The van der Waals surface area contributed by atoms with Crippen LogP contribution in [-0.4, -0.2) is 50.3 Å². The molecule has 0 unspecified atom stereocenters. The van der Waals surface area contributed by atoms with E-state index < -0.39 is 10.0 Å². The van der Waals surface area contributed by atoms with Gasteiger partial charge < -0.3 is 4.90 Å². The molecule has 1 saturated heterocycles. The van der Waals surface area contributed by atoms with Crippen molar-refractivity contribution in [2.75, 3.05) is 32.7 Å². The Bertz CT molecular complexity index is 599. The minimum atomic E-state index is -3.63. The average molecular weight is 358 g/mol. The number of nitrogens with zero attached hydrogens (tertiary/aromatic N) is 2. The largest absolute Gasteiger partial charge is 0.301 e. The Labute approximate surface area is 134 Å². The van der Waals surface area contributed by atoms with E-state index in [4.69, 9.17) is 34.8 Å². The molecule has 8 heteroatoms. The average Bonchev–Trinajstić information content (AvgIpc) is 2.44. The minimum absolute atomic E-state index is 0.0125. The summed E-state index contributed by atoms with van der Waals surface area (Å²) < 4.78 is 26.6. The zero-order valence-corrected chi connectivity index (χ0v) is 14.0. The molecule has 112 valence electrons. The smallest absolute Gasteiger partial charge is 0.244 e. The van der Waals surface area contributed by atoms with Gasteiger partial charge in [-0.3, -0.25) is 0 Å². The predicted molar refractivity (Wildman–Crippen MR) is 82.3 cm³/mol. The molecular weight excluding hydrogens is 343 g/mol. The quantitative estimate of drug-likeness (QED) is 0.781. The lowest BCUT2D eigenvalue weighted by molar-refractivity contribution is 0.196. The van der Waals surface area contributed by atoms with Crippen LogP contribution >= 0.6 is 34.8 Å². The van der Waals surface area contributed by atoms with E-state index in [-0.39, 0.29) is 20.0 Å². The summed E-state index contributed by atoms with van der Waals surface area (Å²) in [5.74, 6) is 0. The molecule has 1 aliphatic heterocycles. The van der Waals surface area contributed by atoms with E-state index >= 15 is 0 Å². The monoisotopic (exact) mass is 356 g/mol. The first kappa shape index (κ1) is 16.3. The second-order valence-corrected chi connectivity index (χ2v) is 7.58. The van der Waals surface area contributed by atoms with Crippen molar-refractivity contribution in [3.63, 3.8) is 0 Å². The number of rotatable bonds is 3. The van der Waals surface area contributed by atoms with Crippen molar-refractivity contribution in [1.29, 1.82) is 0 Å². The Kier molecular flexibility index (Phi) is 5.21. The first-order valence-corrected chi connectivity index (χ1v) is 8.81. The SMILES string of the molecule is CCN1CCN(S(=O)(=O)c2ccc(Cl)c(Cl)c2Cl)CC1. The Hall–Kier alpha value is -0.0400. The second-order valence-electron chi connectivity index (χ2n) is 4.51. The van der Waals surface area contributed by atoms with Crippen molar-refractivity contribution in [2.24, 2.45) is 0 Å². The number of hydrogen-bond donors (Lipinski definition) is 0. The standard InChI is InChI=1S/C12H15Cl3N2O2S/c1-2-16-5-7-17(8-6-16)20(18,19)10-4-3-9(13)11(14)12(10)15/h3-4H,2,5-8H2,1H3. The molecule has 1 aromatic rings. The molecule has 0 aliphatic carbocycles. The van der Waals surface area contributed by atoms with E-state index in [0.717, 1.165) is 6.54 Å². The third kappa shape index (κ3) is 3.08. The Morgan fingerprint density at radius 1 is 1.05 bits per heavy atom. The molecule has 0 atom stereocenters. The van der Waals surface area contributed by atoms with Crippen LogP contribution in [0.25, 0.3) is 0 Å². The van der Waals surface area contributed by atoms with Gasteiger partial charge in [-0.15, -0.1) is 0 Å². The maximum Gasteiger partial charge on any atom is 0.244 e. The number of halogens is 3. The second kappa shape index (κ2) is 6.38. The van der Waals surface area contributed by atoms with Gasteiger partial charge in [0.25, 0.3) is 0 Å². The van der Waals surface area contributed by atoms with Gasteiger partial charge in [0.2, 0.25) is 10.0 Å². The van der Waals surface area contributed by atoms with Crippen molar-refractivity contribution in [2.45, 2.75) is 11.8 Å². The molecular formula is C12H15Cl3N2O2S. The summed E-state index contributed by atoms with van der Waals surface area (Å²) in [5, 5.41) is 0.296. The normalized spacial score (nSPS) is 18.4. The number of sulfonamides is 1. The van der Waals surface area contributed by atoms with Gasteiger partial charge in [-0.05, 0) is 18.7 Å². The zero-order chi connectivity index (χ0) is 14.9. The van der Waals surface area contributed by atoms with Crippen LogP contribution in [0.2, 0.25) is 15.1 Å². The van der Waals surface area contributed by atoms with Crippen LogP contribution in [0.15, 0.2) is 17.0 Å². The third-order valence-electron chi connectivity index (χ3n) is 3.40. The molecule has 0 spiro atoms. The number of benzene rings is 1. The molecule has 0 amide bonds. The van der Waals surface area contributed by atoms with Gasteiger partial charge in [0, 0.05) is 26.2 Å². The van der Waals surface area contributed by atoms with Gasteiger partial charge >= 0.3 is 0 Å². The van der Waals surface area contributed by atoms with Crippen LogP contribution in [0.4, 0.5) is 0 Å². The maximum atomic E-state index is 12.6. The molecule has 0 bridgehead atoms. The van der Waals surface area contributed by atoms with Crippen LogP contribution in [0.3, 0.4) is 0 Å². The summed E-state index contributed by atoms with van der Waals surface area (Å²) in [7, 11) is -3.63. The summed E-state index contributed by atoms with van der Waals surface area (Å²) in [4.78, 5) is 2.21. The lowest BCUT2D eigenvalue weighted by Gasteiger charge is -2.33. The molecule has 0 aromatic heterocycles. The fraction of sp³-hybridized carbons (Fsp3) is 0.500. The van der Waals surface area contributed by atoms with Crippen LogP contribution in [0.5, 0.6) is 0 Å². The topological polar surface area (TPSA) is 40.6 Å². The van der Waals surface area contributed by atoms with E-state index in [9.17, 15) is 8.42 Å². The van der Waals surface area contributed by atoms with E-state index in [1.807, 2.05) is 0 Å². The van der Waals surface area contributed by atoms with Crippen molar-refractivity contribution in [3.05, 3.63) is 27.2 Å². The third-order valence-corrected chi connectivity index (χ3v) is 6.74. The van der Waals surface area contributed by atoms with Gasteiger partial charge in [-0.2, -0.15) is 4.31 Å². The van der Waals surface area contributed by atoms with Crippen LogP contribution < -0.4 is 0 Å². The van der Waals surface area contributed by atoms with Crippen LogP contribution in [0.1, 0.15) is 6.92 Å². The van der Waals surface area contributed by atoms with Gasteiger partial charge in [-0.1, -0.05) is 41.7 Å². The predicted octanol–water partition coefficient (Wildman–Crippen LogP) is 2.97. The van der Waals surface area contributed by atoms with Gasteiger partial charge in [0.1, 0.15) is 4.90 Å². The number of piperazine rings is 1. The molecule has 1 aromatic carbocycles. The Balaban J connectivity index is 2.30. The van der Waals surface area contributed by atoms with Crippen molar-refractivity contribution < 1.29 is 8.42 Å². The highest BCUT2D eigenvalue weighted by Gasteiger charge is 2.30. The lowest BCUT2D eigenvalue weighted by atomic mass is 10.3. The van der Waals surface area contributed by atoms with Gasteiger partial charge in [0.15, 0.2) is 0 Å². The maximum absolute atomic E-state index is 12.6. The summed E-state index contributed by atoms with van der Waals surface area (Å²) in [5.41, 5.74) is 0. The fourth-order valence-corrected chi connectivity index (χ4v) is 4.51. The van der Waals surface area contributed by atoms with Gasteiger partial charge in [0.05, 0.1) is 15.1 Å². The molecule has 4 nitrogen and oxygen atoms in total. The van der Waals surface area contributed by atoms with Crippen molar-refractivity contribution >= 4 is 44.8 Å². The van der Waals surface area contributed by atoms with Crippen LogP contribution in [-0.2, 0) is 10.0 Å². The van der Waals surface area contributed by atoms with Gasteiger partial charge in [-0.25, -0.2) is 8.42 Å². The van der Waals surface area contributed by atoms with Crippen molar-refractivity contribution in [3.8, 4) is 0 Å². The number of hydrogen-bond acceptors (Lipinski definition) is 3. The lowest BCUT2D eigenvalue weighted by Crippen LogP contribution is -2.48. The molecule has 0 N–H and O–H groups in total. The first-order valence-electron chi connectivity index (χ1n) is 6.24. The highest BCUT2D eigenvalue weighted by molar-refractivity contribution is 7.89. The van der Waals surface area contributed by atoms with E-state index in [1.165, 1.54) is 16.4 Å². The zero-order valence-electron chi connectivity index (χ0n) is 10.9. The van der Waals surface area contributed by atoms with E-state index in [1.54, 1.807) is 0 Å². The molecule has 1 aliphatic rings.